The van der Waals surface area contributed by atoms with Crippen molar-refractivity contribution in [3.8, 4) is 17.2 Å². The van der Waals surface area contributed by atoms with Crippen LogP contribution in [0.2, 0.25) is 0 Å². The topological polar surface area (TPSA) is 87.0 Å². The number of hydrogen-bond acceptors (Lipinski definition) is 4. The average Bonchev–Trinajstić information content (AvgIpc) is 2.42. The monoisotopic (exact) mass is 274 g/mol. The fraction of sp³-hybridized carbons (Fsp3) is 0.133. The van der Waals surface area contributed by atoms with Crippen LogP contribution < -0.4 is 4.74 Å². The van der Waals surface area contributed by atoms with Crippen LogP contribution in [0.3, 0.4) is 0 Å². The van der Waals surface area contributed by atoms with Gasteiger partial charge in [0.05, 0.1) is 0 Å². The third kappa shape index (κ3) is 3.20. The molecule has 0 aliphatic heterocycles. The quantitative estimate of drug-likeness (QED) is 0.779. The number of rotatable bonds is 5. The molecule has 2 aromatic rings. The number of aliphatic carboxylic acids is 1. The SMILES string of the molecule is O=C(O)C(COc1ccccc1O)c1ccc(O)cc1. The molecule has 0 aliphatic carbocycles. The maximum absolute atomic E-state index is 11.3. The van der Waals surface area contributed by atoms with Gasteiger partial charge in [0, 0.05) is 0 Å². The lowest BCUT2D eigenvalue weighted by Gasteiger charge is -2.14. The average molecular weight is 274 g/mol. The molecule has 0 fully saturated rings. The zero-order valence-electron chi connectivity index (χ0n) is 10.6. The highest BCUT2D eigenvalue weighted by atomic mass is 16.5. The minimum Gasteiger partial charge on any atom is -0.508 e. The maximum atomic E-state index is 11.3. The Balaban J connectivity index is 2.13. The lowest BCUT2D eigenvalue weighted by molar-refractivity contribution is -0.139. The first-order valence-electron chi connectivity index (χ1n) is 6.00. The number of phenols is 2. The molecule has 0 aromatic heterocycles. The van der Waals surface area contributed by atoms with Gasteiger partial charge in [-0.3, -0.25) is 4.79 Å². The number of phenolic OH excluding ortho intramolecular Hbond substituents is 2. The van der Waals surface area contributed by atoms with Crippen LogP contribution >= 0.6 is 0 Å². The highest BCUT2D eigenvalue weighted by molar-refractivity contribution is 5.76. The molecule has 5 heteroatoms. The minimum atomic E-state index is -1.04. The van der Waals surface area contributed by atoms with E-state index >= 15 is 0 Å². The highest BCUT2D eigenvalue weighted by Gasteiger charge is 2.21. The molecule has 0 saturated heterocycles. The second-order valence-electron chi connectivity index (χ2n) is 4.26. The third-order valence-corrected chi connectivity index (χ3v) is 2.86. The minimum absolute atomic E-state index is 0.0395. The van der Waals surface area contributed by atoms with Crippen LogP contribution in [0.5, 0.6) is 17.2 Å². The van der Waals surface area contributed by atoms with E-state index in [0.29, 0.717) is 5.56 Å². The predicted octanol–water partition coefficient (Wildman–Crippen LogP) is 2.35. The van der Waals surface area contributed by atoms with Gasteiger partial charge in [-0.15, -0.1) is 0 Å². The van der Waals surface area contributed by atoms with Gasteiger partial charge in [0.2, 0.25) is 0 Å². The Hall–Kier alpha value is -2.69. The number of aromatic hydroxyl groups is 2. The first kappa shape index (κ1) is 13.7. The molecule has 0 aliphatic rings. The van der Waals surface area contributed by atoms with Gasteiger partial charge in [-0.1, -0.05) is 24.3 Å². The van der Waals surface area contributed by atoms with Gasteiger partial charge in [0.25, 0.3) is 0 Å². The number of carboxylic acids is 1. The van der Waals surface area contributed by atoms with Crippen LogP contribution in [-0.2, 0) is 4.79 Å². The van der Waals surface area contributed by atoms with Crippen molar-refractivity contribution < 1.29 is 24.9 Å². The lowest BCUT2D eigenvalue weighted by Crippen LogP contribution is -2.19. The fourth-order valence-electron chi connectivity index (χ4n) is 1.77. The van der Waals surface area contributed by atoms with Crippen molar-refractivity contribution in [2.45, 2.75) is 5.92 Å². The third-order valence-electron chi connectivity index (χ3n) is 2.86. The molecule has 0 saturated carbocycles. The summed E-state index contributed by atoms with van der Waals surface area (Å²) in [5, 5.41) is 28.0. The summed E-state index contributed by atoms with van der Waals surface area (Å²) in [7, 11) is 0. The molecule has 20 heavy (non-hydrogen) atoms. The second-order valence-corrected chi connectivity index (χ2v) is 4.26. The molecule has 3 N–H and O–H groups in total. The van der Waals surface area contributed by atoms with E-state index in [1.807, 2.05) is 0 Å². The van der Waals surface area contributed by atoms with Crippen LogP contribution in [-0.4, -0.2) is 27.9 Å². The Morgan fingerprint density at radius 1 is 1.05 bits per heavy atom. The Labute approximate surface area is 115 Å². The molecule has 1 atom stereocenters. The van der Waals surface area contributed by atoms with E-state index < -0.39 is 11.9 Å². The molecule has 0 heterocycles. The summed E-state index contributed by atoms with van der Waals surface area (Å²) < 4.78 is 5.35. The van der Waals surface area contributed by atoms with Crippen LogP contribution in [0, 0.1) is 0 Å². The Morgan fingerprint density at radius 3 is 2.30 bits per heavy atom. The normalized spacial score (nSPS) is 11.8. The summed E-state index contributed by atoms with van der Waals surface area (Å²) in [6.45, 7) is -0.113. The van der Waals surface area contributed by atoms with Crippen molar-refractivity contribution in [3.63, 3.8) is 0 Å². The van der Waals surface area contributed by atoms with Crippen LogP contribution in [0.4, 0.5) is 0 Å². The predicted molar refractivity (Wildman–Crippen MR) is 72.1 cm³/mol. The summed E-state index contributed by atoms with van der Waals surface area (Å²) in [6, 6.07) is 12.3. The Kier molecular flexibility index (Phi) is 4.10. The van der Waals surface area contributed by atoms with Gasteiger partial charge in [-0.2, -0.15) is 0 Å². The van der Waals surface area contributed by atoms with Crippen LogP contribution in [0.15, 0.2) is 48.5 Å². The molecule has 0 bridgehead atoms. The largest absolute Gasteiger partial charge is 0.508 e. The van der Waals surface area contributed by atoms with Crippen molar-refractivity contribution in [2.24, 2.45) is 0 Å². The number of para-hydroxylation sites is 2. The van der Waals surface area contributed by atoms with Gasteiger partial charge >= 0.3 is 5.97 Å². The van der Waals surface area contributed by atoms with E-state index in [4.69, 9.17) is 4.74 Å². The smallest absolute Gasteiger partial charge is 0.314 e. The molecule has 104 valence electrons. The number of hydrogen-bond donors (Lipinski definition) is 3. The first-order chi connectivity index (χ1) is 9.58. The zero-order chi connectivity index (χ0) is 14.5. The van der Waals surface area contributed by atoms with Gasteiger partial charge in [-0.05, 0) is 29.8 Å². The summed E-state index contributed by atoms with van der Waals surface area (Å²) in [6.07, 6.45) is 0. The summed E-state index contributed by atoms with van der Waals surface area (Å²) in [4.78, 5) is 11.3. The van der Waals surface area contributed by atoms with E-state index in [0.717, 1.165) is 0 Å². The first-order valence-corrected chi connectivity index (χ1v) is 6.00. The van der Waals surface area contributed by atoms with Gasteiger partial charge < -0.3 is 20.1 Å². The Morgan fingerprint density at radius 2 is 1.70 bits per heavy atom. The lowest BCUT2D eigenvalue weighted by atomic mass is 10.0. The summed E-state index contributed by atoms with van der Waals surface area (Å²) in [5.41, 5.74) is 0.519. The number of carbonyl (C=O) groups is 1. The Bertz CT molecular complexity index is 591. The molecule has 0 radical (unpaired) electrons. The summed E-state index contributed by atoms with van der Waals surface area (Å²) in [5.74, 6) is -1.65. The van der Waals surface area contributed by atoms with Crippen molar-refractivity contribution in [1.82, 2.24) is 0 Å². The van der Waals surface area contributed by atoms with E-state index in [1.165, 1.54) is 30.3 Å². The highest BCUT2D eigenvalue weighted by Crippen LogP contribution is 2.27. The van der Waals surface area contributed by atoms with Gasteiger partial charge in [0.1, 0.15) is 18.3 Å². The molecule has 0 amide bonds. The molecule has 5 nitrogen and oxygen atoms in total. The second kappa shape index (κ2) is 5.97. The number of carboxylic acid groups (broad SMARTS) is 1. The van der Waals surface area contributed by atoms with E-state index in [2.05, 4.69) is 0 Å². The van der Waals surface area contributed by atoms with Crippen molar-refractivity contribution in [1.29, 1.82) is 0 Å². The van der Waals surface area contributed by atoms with Crippen LogP contribution in [0.1, 0.15) is 11.5 Å². The maximum Gasteiger partial charge on any atom is 0.314 e. The number of ether oxygens (including phenoxy) is 1. The molecular weight excluding hydrogens is 260 g/mol. The van der Waals surface area contributed by atoms with Crippen LogP contribution in [0.25, 0.3) is 0 Å². The summed E-state index contributed by atoms with van der Waals surface area (Å²) >= 11 is 0. The molecular formula is C15H14O5. The fourth-order valence-corrected chi connectivity index (χ4v) is 1.77. The van der Waals surface area contributed by atoms with Crippen molar-refractivity contribution in [3.05, 3.63) is 54.1 Å². The molecule has 2 rings (SSSR count). The standard InChI is InChI=1S/C15H14O5/c16-11-7-5-10(6-8-11)12(15(18)19)9-20-14-4-2-1-3-13(14)17/h1-8,12,16-17H,9H2,(H,18,19). The van der Waals surface area contributed by atoms with Crippen molar-refractivity contribution in [2.75, 3.05) is 6.61 Å². The van der Waals surface area contributed by atoms with Gasteiger partial charge in [-0.25, -0.2) is 0 Å². The molecule has 2 aromatic carbocycles. The molecule has 0 spiro atoms. The van der Waals surface area contributed by atoms with Crippen molar-refractivity contribution >= 4 is 5.97 Å². The van der Waals surface area contributed by atoms with E-state index in [9.17, 15) is 20.1 Å². The van der Waals surface area contributed by atoms with E-state index in [1.54, 1.807) is 18.2 Å². The molecule has 1 unspecified atom stereocenters. The zero-order valence-corrected chi connectivity index (χ0v) is 10.6. The van der Waals surface area contributed by atoms with E-state index in [-0.39, 0.29) is 23.9 Å². The van der Waals surface area contributed by atoms with Gasteiger partial charge in [0.15, 0.2) is 11.5 Å². The number of benzene rings is 2.